The number of ether oxygens (including phenoxy) is 3. The van der Waals surface area contributed by atoms with E-state index in [4.69, 9.17) is 14.2 Å². The highest BCUT2D eigenvalue weighted by Crippen LogP contribution is 2.18. The van der Waals surface area contributed by atoms with Crippen LogP contribution in [0.1, 0.15) is 380 Å². The molecule has 0 radical (unpaired) electrons. The maximum atomic E-state index is 12.9. The molecule has 0 aliphatic carbocycles. The standard InChI is InChI=1S/C71H132O6/c1-4-7-10-13-16-19-22-25-27-29-31-33-34-35-36-38-39-41-43-46-49-52-55-58-61-64-70(73)76-67-68(66-75-69(72)63-60-57-54-51-48-45-24-21-18-15-12-9-6-3)77-71(74)65-62-59-56-53-50-47-44-42-40-37-32-30-28-26-23-20-17-14-11-8-5-2/h23,26,29-32,68H,4-22,24-25,27-28,33-67H2,1-3H3/b26-23-,31-29-,32-30-. The first-order valence-electron chi connectivity index (χ1n) is 34.5. The molecular formula is C71H132O6. The second-order valence-corrected chi connectivity index (χ2v) is 23.4. The van der Waals surface area contributed by atoms with Crippen molar-refractivity contribution in [2.45, 2.75) is 386 Å². The van der Waals surface area contributed by atoms with Crippen molar-refractivity contribution < 1.29 is 28.6 Å². The molecule has 0 saturated carbocycles. The number of allylic oxidation sites excluding steroid dienone is 6. The molecule has 0 aromatic carbocycles. The fourth-order valence-corrected chi connectivity index (χ4v) is 10.4. The summed E-state index contributed by atoms with van der Waals surface area (Å²) >= 11 is 0. The van der Waals surface area contributed by atoms with E-state index < -0.39 is 6.10 Å². The maximum Gasteiger partial charge on any atom is 0.306 e. The van der Waals surface area contributed by atoms with Gasteiger partial charge in [0.15, 0.2) is 6.10 Å². The topological polar surface area (TPSA) is 78.9 Å². The highest BCUT2D eigenvalue weighted by atomic mass is 16.6. The third-order valence-electron chi connectivity index (χ3n) is 15.6. The van der Waals surface area contributed by atoms with Crippen LogP contribution in [0.3, 0.4) is 0 Å². The summed E-state index contributed by atoms with van der Waals surface area (Å²) in [5.41, 5.74) is 0. The van der Waals surface area contributed by atoms with Crippen LogP contribution in [0.15, 0.2) is 36.5 Å². The Morgan fingerprint density at radius 2 is 0.468 bits per heavy atom. The number of hydrogen-bond donors (Lipinski definition) is 0. The van der Waals surface area contributed by atoms with Crippen LogP contribution in [0.25, 0.3) is 0 Å². The summed E-state index contributed by atoms with van der Waals surface area (Å²) in [6, 6.07) is 0. The monoisotopic (exact) mass is 1080 g/mol. The Morgan fingerprint density at radius 3 is 0.727 bits per heavy atom. The lowest BCUT2D eigenvalue weighted by Crippen LogP contribution is -2.30. The fraction of sp³-hybridized carbons (Fsp3) is 0.873. The molecule has 1 atom stereocenters. The predicted molar refractivity (Wildman–Crippen MR) is 335 cm³/mol. The van der Waals surface area contributed by atoms with Crippen LogP contribution in [-0.2, 0) is 28.6 Å². The predicted octanol–water partition coefficient (Wildman–Crippen LogP) is 23.6. The molecular weight excluding hydrogens is 949 g/mol. The number of hydrogen-bond acceptors (Lipinski definition) is 6. The molecule has 0 fully saturated rings. The molecule has 0 amide bonds. The van der Waals surface area contributed by atoms with Crippen molar-refractivity contribution in [3.8, 4) is 0 Å². The molecule has 6 nitrogen and oxygen atoms in total. The Bertz CT molecular complexity index is 1290. The lowest BCUT2D eigenvalue weighted by Gasteiger charge is -2.18. The molecule has 0 spiro atoms. The number of rotatable bonds is 64. The van der Waals surface area contributed by atoms with E-state index in [1.807, 2.05) is 0 Å². The Hall–Kier alpha value is -2.37. The third kappa shape index (κ3) is 64.3. The van der Waals surface area contributed by atoms with Crippen LogP contribution < -0.4 is 0 Å². The van der Waals surface area contributed by atoms with E-state index in [0.717, 1.165) is 64.2 Å². The molecule has 0 aromatic rings. The molecule has 0 aliphatic heterocycles. The molecule has 0 N–H and O–H groups in total. The van der Waals surface area contributed by atoms with Crippen LogP contribution in [0.2, 0.25) is 0 Å². The summed E-state index contributed by atoms with van der Waals surface area (Å²) in [6.45, 7) is 6.69. The highest BCUT2D eigenvalue weighted by Gasteiger charge is 2.19. The van der Waals surface area contributed by atoms with Crippen LogP contribution in [-0.4, -0.2) is 37.2 Å². The van der Waals surface area contributed by atoms with Crippen molar-refractivity contribution in [2.75, 3.05) is 13.2 Å². The van der Waals surface area contributed by atoms with Gasteiger partial charge in [0, 0.05) is 19.3 Å². The van der Waals surface area contributed by atoms with E-state index in [-0.39, 0.29) is 31.1 Å². The molecule has 0 aromatic heterocycles. The summed E-state index contributed by atoms with van der Waals surface area (Å²) < 4.78 is 17.0. The van der Waals surface area contributed by atoms with Gasteiger partial charge < -0.3 is 14.2 Å². The molecule has 0 bridgehead atoms. The zero-order valence-electron chi connectivity index (χ0n) is 52.0. The second-order valence-electron chi connectivity index (χ2n) is 23.4. The normalized spacial score (nSPS) is 12.2. The zero-order valence-corrected chi connectivity index (χ0v) is 52.0. The molecule has 77 heavy (non-hydrogen) atoms. The van der Waals surface area contributed by atoms with E-state index in [1.165, 1.54) is 276 Å². The molecule has 0 rings (SSSR count). The van der Waals surface area contributed by atoms with E-state index in [2.05, 4.69) is 57.2 Å². The van der Waals surface area contributed by atoms with Crippen molar-refractivity contribution in [1.82, 2.24) is 0 Å². The summed E-state index contributed by atoms with van der Waals surface area (Å²) in [7, 11) is 0. The number of carbonyl (C=O) groups excluding carboxylic acids is 3. The van der Waals surface area contributed by atoms with Gasteiger partial charge in [0.05, 0.1) is 0 Å². The quantitative estimate of drug-likeness (QED) is 0.0261. The smallest absolute Gasteiger partial charge is 0.306 e. The molecule has 0 saturated heterocycles. The van der Waals surface area contributed by atoms with E-state index >= 15 is 0 Å². The maximum absolute atomic E-state index is 12.9. The average Bonchev–Trinajstić information content (AvgIpc) is 3.43. The Balaban J connectivity index is 4.25. The number of carbonyl (C=O) groups is 3. The molecule has 452 valence electrons. The number of unbranched alkanes of at least 4 members (excludes halogenated alkanes) is 47. The Kier molecular flexibility index (Phi) is 64.1. The number of esters is 3. The van der Waals surface area contributed by atoms with E-state index in [9.17, 15) is 14.4 Å². The largest absolute Gasteiger partial charge is 0.462 e. The zero-order chi connectivity index (χ0) is 55.7. The van der Waals surface area contributed by atoms with Gasteiger partial charge in [0.25, 0.3) is 0 Å². The van der Waals surface area contributed by atoms with Gasteiger partial charge in [-0.25, -0.2) is 0 Å². The van der Waals surface area contributed by atoms with Gasteiger partial charge in [-0.05, 0) is 77.0 Å². The van der Waals surface area contributed by atoms with Gasteiger partial charge in [0.1, 0.15) is 13.2 Å². The van der Waals surface area contributed by atoms with Gasteiger partial charge in [-0.2, -0.15) is 0 Å². The molecule has 0 heterocycles. The van der Waals surface area contributed by atoms with Crippen molar-refractivity contribution in [3.63, 3.8) is 0 Å². The van der Waals surface area contributed by atoms with Gasteiger partial charge in [0.2, 0.25) is 0 Å². The van der Waals surface area contributed by atoms with Crippen molar-refractivity contribution in [3.05, 3.63) is 36.5 Å². The third-order valence-corrected chi connectivity index (χ3v) is 15.6. The van der Waals surface area contributed by atoms with Gasteiger partial charge in [-0.3, -0.25) is 14.4 Å². The minimum atomic E-state index is -0.772. The first-order valence-corrected chi connectivity index (χ1v) is 34.5. The van der Waals surface area contributed by atoms with E-state index in [1.54, 1.807) is 0 Å². The second kappa shape index (κ2) is 66.1. The average molecular weight is 1080 g/mol. The minimum Gasteiger partial charge on any atom is -0.462 e. The van der Waals surface area contributed by atoms with Gasteiger partial charge >= 0.3 is 17.9 Å². The van der Waals surface area contributed by atoms with Crippen LogP contribution >= 0.6 is 0 Å². The Labute approximate surface area is 480 Å². The highest BCUT2D eigenvalue weighted by molar-refractivity contribution is 5.71. The van der Waals surface area contributed by atoms with Gasteiger partial charge in [-0.1, -0.05) is 320 Å². The first kappa shape index (κ1) is 74.6. The summed E-state index contributed by atoms with van der Waals surface area (Å²) in [5.74, 6) is -0.846. The minimum absolute atomic E-state index is 0.0689. The summed E-state index contributed by atoms with van der Waals surface area (Å²) in [5, 5.41) is 0. The van der Waals surface area contributed by atoms with Gasteiger partial charge in [-0.15, -0.1) is 0 Å². The lowest BCUT2D eigenvalue weighted by atomic mass is 10.0. The SMILES string of the molecule is CCCCCCC/C=C\C/C=C\CCCCCCCCCCCC(=O)OC(COC(=O)CCCCCCCCCCCCCCC)COC(=O)CCCCCCCCCCCCCCC/C=C\CCCCCCCCCC. The van der Waals surface area contributed by atoms with Crippen LogP contribution in [0, 0.1) is 0 Å². The molecule has 6 heteroatoms. The fourth-order valence-electron chi connectivity index (χ4n) is 10.4. The van der Waals surface area contributed by atoms with Crippen molar-refractivity contribution in [2.24, 2.45) is 0 Å². The first-order chi connectivity index (χ1) is 38.0. The molecule has 1 unspecified atom stereocenters. The molecule has 0 aliphatic rings. The summed E-state index contributed by atoms with van der Waals surface area (Å²) in [6.07, 6.45) is 81.6. The van der Waals surface area contributed by atoms with Crippen molar-refractivity contribution in [1.29, 1.82) is 0 Å². The lowest BCUT2D eigenvalue weighted by molar-refractivity contribution is -0.167. The van der Waals surface area contributed by atoms with E-state index in [0.29, 0.717) is 19.3 Å². The van der Waals surface area contributed by atoms with Crippen molar-refractivity contribution >= 4 is 17.9 Å². The Morgan fingerprint density at radius 1 is 0.260 bits per heavy atom. The van der Waals surface area contributed by atoms with Crippen LogP contribution in [0.5, 0.6) is 0 Å². The summed E-state index contributed by atoms with van der Waals surface area (Å²) in [4.78, 5) is 38.4. The van der Waals surface area contributed by atoms with Crippen LogP contribution in [0.4, 0.5) is 0 Å².